The topological polar surface area (TPSA) is 75.5 Å². The van der Waals surface area contributed by atoms with Gasteiger partial charge in [0, 0.05) is 38.3 Å². The van der Waals surface area contributed by atoms with Crippen molar-refractivity contribution in [3.63, 3.8) is 0 Å². The molecule has 3 rings (SSSR count). The Kier molecular flexibility index (Phi) is 6.05. The number of benzene rings is 1. The van der Waals surface area contributed by atoms with Gasteiger partial charge in [0.25, 0.3) is 5.91 Å². The van der Waals surface area contributed by atoms with E-state index in [9.17, 15) is 13.2 Å². The van der Waals surface area contributed by atoms with Gasteiger partial charge in [0.15, 0.2) is 0 Å². The van der Waals surface area contributed by atoms with Gasteiger partial charge in [-0.3, -0.25) is 9.48 Å². The van der Waals surface area contributed by atoms with Crippen molar-refractivity contribution in [1.29, 1.82) is 0 Å². The summed E-state index contributed by atoms with van der Waals surface area (Å²) in [4.78, 5) is 14.6. The number of carbonyl (C=O) groups excluding carboxylic acids is 1. The fourth-order valence-corrected chi connectivity index (χ4v) is 5.53. The van der Waals surface area contributed by atoms with Crippen LogP contribution in [0.15, 0.2) is 23.1 Å². The summed E-state index contributed by atoms with van der Waals surface area (Å²) in [5.41, 5.74) is 1.56. The number of sulfonamides is 1. The quantitative estimate of drug-likeness (QED) is 0.725. The van der Waals surface area contributed by atoms with E-state index in [1.165, 1.54) is 10.4 Å². The Bertz CT molecular complexity index is 1010. The van der Waals surface area contributed by atoms with Gasteiger partial charge in [-0.2, -0.15) is 9.40 Å². The number of aryl methyl sites for hydroxylation is 2. The van der Waals surface area contributed by atoms with Crippen molar-refractivity contribution in [3.8, 4) is 0 Å². The third-order valence-corrected chi connectivity index (χ3v) is 7.80. The highest BCUT2D eigenvalue weighted by molar-refractivity contribution is 7.89. The van der Waals surface area contributed by atoms with Crippen molar-refractivity contribution < 1.29 is 13.2 Å². The molecule has 0 radical (unpaired) electrons. The van der Waals surface area contributed by atoms with Gasteiger partial charge in [-0.15, -0.1) is 0 Å². The Morgan fingerprint density at radius 1 is 1.11 bits per heavy atom. The van der Waals surface area contributed by atoms with Crippen LogP contribution in [0.2, 0.25) is 10.0 Å². The molecule has 0 N–H and O–H groups in total. The minimum absolute atomic E-state index is 0.193. The molecule has 0 spiro atoms. The van der Waals surface area contributed by atoms with Gasteiger partial charge in [-0.25, -0.2) is 8.42 Å². The van der Waals surface area contributed by atoms with Gasteiger partial charge >= 0.3 is 0 Å². The summed E-state index contributed by atoms with van der Waals surface area (Å²) < 4.78 is 29.4. The molecule has 0 saturated carbocycles. The van der Waals surface area contributed by atoms with E-state index < -0.39 is 10.0 Å². The van der Waals surface area contributed by atoms with Crippen LogP contribution in [-0.2, 0) is 16.6 Å². The van der Waals surface area contributed by atoms with Crippen molar-refractivity contribution in [2.75, 3.05) is 26.2 Å². The number of aromatic nitrogens is 2. The predicted octanol–water partition coefficient (Wildman–Crippen LogP) is 2.97. The lowest BCUT2D eigenvalue weighted by atomic mass is 10.2. The zero-order valence-corrected chi connectivity index (χ0v) is 18.3. The largest absolute Gasteiger partial charge is 0.336 e. The number of nitrogens with zero attached hydrogens (tertiary/aromatic N) is 4. The lowest BCUT2D eigenvalue weighted by Crippen LogP contribution is -2.50. The third-order valence-electron chi connectivity index (χ3n) is 4.90. The number of halogens is 2. The number of rotatable bonds is 4. The first kappa shape index (κ1) is 21.1. The highest BCUT2D eigenvalue weighted by atomic mass is 35.5. The first-order chi connectivity index (χ1) is 13.2. The minimum Gasteiger partial charge on any atom is -0.336 e. The first-order valence-corrected chi connectivity index (χ1v) is 11.1. The Labute approximate surface area is 174 Å². The predicted molar refractivity (Wildman–Crippen MR) is 108 cm³/mol. The standard InChI is InChI=1S/C18H22Cl2N4O3S/c1-4-24-13(3)17(12(2)21-24)28(26,27)23-9-7-22(8-10-23)18(25)14-5-6-15(19)16(20)11-14/h5-6,11H,4,7-10H2,1-3H3. The number of hydrogen-bond acceptors (Lipinski definition) is 4. The van der Waals surface area contributed by atoms with Crippen LogP contribution in [0.25, 0.3) is 0 Å². The molecular formula is C18H22Cl2N4O3S. The van der Waals surface area contributed by atoms with Crippen LogP contribution in [0.1, 0.15) is 28.7 Å². The maximum absolute atomic E-state index is 13.1. The number of piperazine rings is 1. The van der Waals surface area contributed by atoms with Crippen LogP contribution in [0, 0.1) is 13.8 Å². The van der Waals surface area contributed by atoms with Crippen molar-refractivity contribution >= 4 is 39.1 Å². The molecule has 152 valence electrons. The smallest absolute Gasteiger partial charge is 0.253 e. The molecule has 2 aromatic rings. The van der Waals surface area contributed by atoms with Crippen molar-refractivity contribution in [1.82, 2.24) is 19.0 Å². The van der Waals surface area contributed by atoms with E-state index in [2.05, 4.69) is 5.10 Å². The van der Waals surface area contributed by atoms with E-state index in [1.54, 1.807) is 35.6 Å². The van der Waals surface area contributed by atoms with Gasteiger partial charge in [-0.05, 0) is 39.0 Å². The zero-order chi connectivity index (χ0) is 20.6. The van der Waals surface area contributed by atoms with Crippen LogP contribution in [-0.4, -0.2) is 59.5 Å². The van der Waals surface area contributed by atoms with Crippen molar-refractivity contribution in [2.24, 2.45) is 0 Å². The van der Waals surface area contributed by atoms with Crippen LogP contribution in [0.4, 0.5) is 0 Å². The van der Waals surface area contributed by atoms with Gasteiger partial charge in [0.05, 0.1) is 21.4 Å². The molecule has 0 unspecified atom stereocenters. The molecule has 1 fully saturated rings. The molecule has 1 aromatic heterocycles. The number of amides is 1. The summed E-state index contributed by atoms with van der Waals surface area (Å²) in [6.45, 7) is 7.06. The van der Waals surface area contributed by atoms with Gasteiger partial charge < -0.3 is 4.90 Å². The van der Waals surface area contributed by atoms with Crippen molar-refractivity contribution in [3.05, 3.63) is 45.2 Å². The molecule has 2 heterocycles. The molecule has 10 heteroatoms. The van der Waals surface area contributed by atoms with E-state index in [4.69, 9.17) is 23.2 Å². The Morgan fingerprint density at radius 3 is 2.29 bits per heavy atom. The summed E-state index contributed by atoms with van der Waals surface area (Å²) in [7, 11) is -3.67. The monoisotopic (exact) mass is 444 g/mol. The normalized spacial score (nSPS) is 15.8. The SMILES string of the molecule is CCn1nc(C)c(S(=O)(=O)N2CCN(C(=O)c3ccc(Cl)c(Cl)c3)CC2)c1C. The average molecular weight is 445 g/mol. The summed E-state index contributed by atoms with van der Waals surface area (Å²) >= 11 is 11.9. The van der Waals surface area contributed by atoms with Gasteiger partial charge in [0.2, 0.25) is 10.0 Å². The molecule has 1 aromatic carbocycles. The van der Waals surface area contributed by atoms with Crippen molar-refractivity contribution in [2.45, 2.75) is 32.2 Å². The van der Waals surface area contributed by atoms with Crippen LogP contribution in [0.5, 0.6) is 0 Å². The molecule has 0 bridgehead atoms. The maximum Gasteiger partial charge on any atom is 0.253 e. The fraction of sp³-hybridized carbons (Fsp3) is 0.444. The van der Waals surface area contributed by atoms with Crippen LogP contribution in [0.3, 0.4) is 0 Å². The summed E-state index contributed by atoms with van der Waals surface area (Å²) in [6, 6.07) is 4.72. The maximum atomic E-state index is 13.1. The van der Waals surface area contributed by atoms with Gasteiger partial charge in [0.1, 0.15) is 4.90 Å². The minimum atomic E-state index is -3.67. The van der Waals surface area contributed by atoms with E-state index in [0.29, 0.717) is 46.6 Å². The van der Waals surface area contributed by atoms with Gasteiger partial charge in [-0.1, -0.05) is 23.2 Å². The molecule has 7 nitrogen and oxygen atoms in total. The Morgan fingerprint density at radius 2 is 1.75 bits per heavy atom. The average Bonchev–Trinajstić information content (AvgIpc) is 2.97. The van der Waals surface area contributed by atoms with Crippen LogP contribution >= 0.6 is 23.2 Å². The van der Waals surface area contributed by atoms with E-state index in [0.717, 1.165) is 0 Å². The molecular weight excluding hydrogens is 423 g/mol. The van der Waals surface area contributed by atoms with E-state index in [1.807, 2.05) is 6.92 Å². The lowest BCUT2D eigenvalue weighted by molar-refractivity contribution is 0.0698. The highest BCUT2D eigenvalue weighted by Gasteiger charge is 2.34. The first-order valence-electron chi connectivity index (χ1n) is 8.95. The van der Waals surface area contributed by atoms with Crippen LogP contribution < -0.4 is 0 Å². The molecule has 1 amide bonds. The third kappa shape index (κ3) is 3.78. The summed E-state index contributed by atoms with van der Waals surface area (Å²) in [6.07, 6.45) is 0. The lowest BCUT2D eigenvalue weighted by Gasteiger charge is -2.34. The molecule has 1 saturated heterocycles. The molecule has 1 aliphatic heterocycles. The van der Waals surface area contributed by atoms with E-state index >= 15 is 0 Å². The number of carbonyl (C=O) groups is 1. The highest BCUT2D eigenvalue weighted by Crippen LogP contribution is 2.26. The second kappa shape index (κ2) is 8.02. The van der Waals surface area contributed by atoms with E-state index in [-0.39, 0.29) is 23.9 Å². The number of hydrogen-bond donors (Lipinski definition) is 0. The summed E-state index contributed by atoms with van der Waals surface area (Å²) in [5.74, 6) is -0.193. The Hall–Kier alpha value is -1.61. The summed E-state index contributed by atoms with van der Waals surface area (Å²) in [5, 5.41) is 5.01. The zero-order valence-electron chi connectivity index (χ0n) is 15.9. The second-order valence-electron chi connectivity index (χ2n) is 6.64. The molecule has 28 heavy (non-hydrogen) atoms. The molecule has 1 aliphatic rings. The molecule has 0 aliphatic carbocycles. The second-order valence-corrected chi connectivity index (χ2v) is 9.33. The molecule has 0 atom stereocenters. The fourth-order valence-electron chi connectivity index (χ4n) is 3.43. The Balaban J connectivity index is 1.75.